The lowest BCUT2D eigenvalue weighted by Gasteiger charge is -2.27. The Balaban J connectivity index is 2.93. The van der Waals surface area contributed by atoms with Crippen LogP contribution in [0.3, 0.4) is 0 Å². The summed E-state index contributed by atoms with van der Waals surface area (Å²) in [5.41, 5.74) is 0.332. The van der Waals surface area contributed by atoms with Gasteiger partial charge in [-0.15, -0.1) is 0 Å². The van der Waals surface area contributed by atoms with Gasteiger partial charge in [0.1, 0.15) is 12.7 Å². The highest BCUT2D eigenvalue weighted by Gasteiger charge is 2.30. The number of benzene rings is 1. The number of carbonyl (C=O) groups excluding carboxylic acids is 3. The predicted molar refractivity (Wildman–Crippen MR) is 94.9 cm³/mol. The van der Waals surface area contributed by atoms with Gasteiger partial charge in [-0.1, -0.05) is 18.2 Å². The van der Waals surface area contributed by atoms with Crippen LogP contribution in [0.1, 0.15) is 37.0 Å². The molecule has 1 aromatic rings. The van der Waals surface area contributed by atoms with Crippen LogP contribution in [0.5, 0.6) is 0 Å². The molecule has 0 bridgehead atoms. The lowest BCUT2D eigenvalue weighted by atomic mass is 10.1. The van der Waals surface area contributed by atoms with Crippen molar-refractivity contribution in [3.8, 4) is 0 Å². The van der Waals surface area contributed by atoms with E-state index in [0.29, 0.717) is 12.0 Å². The fourth-order valence-corrected chi connectivity index (χ4v) is 2.36. The Morgan fingerprint density at radius 2 is 1.48 bits per heavy atom. The van der Waals surface area contributed by atoms with Crippen molar-refractivity contribution in [3.63, 3.8) is 0 Å². The molecule has 0 radical (unpaired) electrons. The van der Waals surface area contributed by atoms with Crippen molar-refractivity contribution in [3.05, 3.63) is 35.9 Å². The molecule has 0 heterocycles. The van der Waals surface area contributed by atoms with E-state index in [1.54, 1.807) is 30.3 Å². The van der Waals surface area contributed by atoms with Crippen LogP contribution < -0.4 is 0 Å². The number of hydrogen-bond acceptors (Lipinski definition) is 8. The molecule has 0 unspecified atom stereocenters. The molecule has 0 fully saturated rings. The van der Waals surface area contributed by atoms with E-state index in [0.717, 1.165) is 0 Å². The van der Waals surface area contributed by atoms with Crippen LogP contribution in [0, 0.1) is 0 Å². The van der Waals surface area contributed by atoms with E-state index in [9.17, 15) is 14.4 Å². The van der Waals surface area contributed by atoms with Crippen LogP contribution in [0.15, 0.2) is 30.3 Å². The van der Waals surface area contributed by atoms with Gasteiger partial charge in [-0.3, -0.25) is 9.59 Å². The average molecular weight is 382 g/mol. The molecule has 1 aromatic carbocycles. The summed E-state index contributed by atoms with van der Waals surface area (Å²) in [7, 11) is 2.97. The van der Waals surface area contributed by atoms with Gasteiger partial charge in [0.2, 0.25) is 0 Å². The molecule has 0 aliphatic heterocycles. The lowest BCUT2D eigenvalue weighted by molar-refractivity contribution is -0.162. The van der Waals surface area contributed by atoms with E-state index in [2.05, 4.69) is 0 Å². The summed E-state index contributed by atoms with van der Waals surface area (Å²) >= 11 is 0. The van der Waals surface area contributed by atoms with Crippen LogP contribution in [0.4, 0.5) is 0 Å². The fraction of sp³-hybridized carbons (Fsp3) is 0.526. The Morgan fingerprint density at radius 1 is 0.852 bits per heavy atom. The van der Waals surface area contributed by atoms with Gasteiger partial charge in [-0.25, -0.2) is 4.79 Å². The first-order valence-corrected chi connectivity index (χ1v) is 8.49. The van der Waals surface area contributed by atoms with Gasteiger partial charge in [0.25, 0.3) is 0 Å². The maximum atomic E-state index is 12.4. The van der Waals surface area contributed by atoms with Crippen molar-refractivity contribution in [2.24, 2.45) is 0 Å². The zero-order valence-electron chi connectivity index (χ0n) is 16.0. The molecular formula is C19H26O8. The summed E-state index contributed by atoms with van der Waals surface area (Å²) in [4.78, 5) is 35.1. The van der Waals surface area contributed by atoms with Gasteiger partial charge >= 0.3 is 17.9 Å². The third kappa shape index (κ3) is 8.65. The van der Waals surface area contributed by atoms with Crippen molar-refractivity contribution < 1.29 is 38.1 Å². The van der Waals surface area contributed by atoms with Gasteiger partial charge < -0.3 is 23.7 Å². The zero-order chi connectivity index (χ0) is 20.2. The minimum absolute atomic E-state index is 0.240. The average Bonchev–Trinajstić information content (AvgIpc) is 2.65. The number of hydrogen-bond donors (Lipinski definition) is 0. The fourth-order valence-electron chi connectivity index (χ4n) is 2.36. The maximum absolute atomic E-state index is 12.4. The molecule has 8 nitrogen and oxygen atoms in total. The smallest absolute Gasteiger partial charge is 0.338 e. The minimum Gasteiger partial charge on any atom is -0.462 e. The molecule has 0 N–H and O–H groups in total. The van der Waals surface area contributed by atoms with Crippen molar-refractivity contribution in [1.82, 2.24) is 0 Å². The number of esters is 3. The van der Waals surface area contributed by atoms with Crippen LogP contribution in [0.2, 0.25) is 0 Å². The van der Waals surface area contributed by atoms with E-state index < -0.39 is 36.4 Å². The Labute approximate surface area is 158 Å². The summed E-state index contributed by atoms with van der Waals surface area (Å²) in [5, 5.41) is 0. The van der Waals surface area contributed by atoms with Gasteiger partial charge in [-0.2, -0.15) is 0 Å². The SMILES string of the molecule is COC(CC[C@H](OC(C)=O)[C@@H](COC(C)=O)OC(=O)c1ccccc1)OC. The number of ether oxygens (including phenoxy) is 5. The summed E-state index contributed by atoms with van der Waals surface area (Å²) in [6, 6.07) is 8.35. The summed E-state index contributed by atoms with van der Waals surface area (Å²) in [6.45, 7) is 2.25. The van der Waals surface area contributed by atoms with Crippen LogP contribution in [-0.2, 0) is 33.3 Å². The number of carbonyl (C=O) groups is 3. The van der Waals surface area contributed by atoms with Crippen molar-refractivity contribution in [2.45, 2.75) is 45.2 Å². The Hall–Kier alpha value is -2.45. The molecule has 0 amide bonds. The van der Waals surface area contributed by atoms with Gasteiger partial charge in [0.05, 0.1) is 5.56 Å². The third-order valence-corrected chi connectivity index (χ3v) is 3.66. The quantitative estimate of drug-likeness (QED) is 0.326. The van der Waals surface area contributed by atoms with E-state index in [4.69, 9.17) is 23.7 Å². The molecule has 0 saturated carbocycles. The van der Waals surface area contributed by atoms with Crippen molar-refractivity contribution in [2.75, 3.05) is 20.8 Å². The largest absolute Gasteiger partial charge is 0.462 e. The first-order chi connectivity index (χ1) is 12.9. The highest BCUT2D eigenvalue weighted by atomic mass is 16.7. The highest BCUT2D eigenvalue weighted by Crippen LogP contribution is 2.17. The second-order valence-electron chi connectivity index (χ2n) is 5.74. The van der Waals surface area contributed by atoms with Gasteiger partial charge in [0, 0.05) is 34.5 Å². The standard InChI is InChI=1S/C19H26O8/c1-13(20)25-12-17(27-19(22)15-8-6-5-7-9-15)16(26-14(2)21)10-11-18(23-3)24-4/h5-9,16-18H,10-12H2,1-4H3/t16-,17+/m0/s1. The van der Waals surface area contributed by atoms with Crippen LogP contribution in [0.25, 0.3) is 0 Å². The molecule has 27 heavy (non-hydrogen) atoms. The molecule has 2 atom stereocenters. The predicted octanol–water partition coefficient (Wildman–Crippen LogP) is 2.11. The summed E-state index contributed by atoms with van der Waals surface area (Å²) < 4.78 is 26.0. The lowest BCUT2D eigenvalue weighted by Crippen LogP contribution is -2.39. The zero-order valence-corrected chi connectivity index (χ0v) is 16.0. The van der Waals surface area contributed by atoms with E-state index in [1.807, 2.05) is 0 Å². The molecule has 150 valence electrons. The molecule has 8 heteroatoms. The van der Waals surface area contributed by atoms with E-state index in [1.165, 1.54) is 28.1 Å². The topological polar surface area (TPSA) is 97.4 Å². The molecule has 0 saturated heterocycles. The van der Waals surface area contributed by atoms with Gasteiger partial charge in [0.15, 0.2) is 12.4 Å². The normalized spacial score (nSPS) is 12.9. The van der Waals surface area contributed by atoms with Crippen molar-refractivity contribution in [1.29, 1.82) is 0 Å². The first kappa shape index (κ1) is 22.6. The number of methoxy groups -OCH3 is 2. The minimum atomic E-state index is -0.972. The second kappa shape index (κ2) is 12.0. The monoisotopic (exact) mass is 382 g/mol. The molecule has 1 rings (SSSR count). The molecular weight excluding hydrogens is 356 g/mol. The molecule has 0 aromatic heterocycles. The second-order valence-corrected chi connectivity index (χ2v) is 5.74. The summed E-state index contributed by atoms with van der Waals surface area (Å²) in [5.74, 6) is -1.70. The Morgan fingerprint density at radius 3 is 2.00 bits per heavy atom. The van der Waals surface area contributed by atoms with Gasteiger partial charge in [-0.05, 0) is 18.6 Å². The third-order valence-electron chi connectivity index (χ3n) is 3.66. The molecule has 0 aliphatic rings. The molecule has 0 spiro atoms. The summed E-state index contributed by atoms with van der Waals surface area (Å²) in [6.07, 6.45) is -1.66. The van der Waals surface area contributed by atoms with Crippen molar-refractivity contribution >= 4 is 17.9 Å². The molecule has 0 aliphatic carbocycles. The Kier molecular flexibility index (Phi) is 10.1. The Bertz CT molecular complexity index is 597. The van der Waals surface area contributed by atoms with E-state index in [-0.39, 0.29) is 13.0 Å². The van der Waals surface area contributed by atoms with Crippen LogP contribution >= 0.6 is 0 Å². The maximum Gasteiger partial charge on any atom is 0.338 e. The first-order valence-electron chi connectivity index (χ1n) is 8.49. The number of rotatable bonds is 11. The van der Waals surface area contributed by atoms with E-state index >= 15 is 0 Å². The van der Waals surface area contributed by atoms with Crippen LogP contribution in [-0.4, -0.2) is 57.2 Å². The highest BCUT2D eigenvalue weighted by molar-refractivity contribution is 5.89.